The molecule has 3 aromatic rings. The van der Waals surface area contributed by atoms with Crippen LogP contribution in [0.25, 0.3) is 5.69 Å². The number of tetrazole rings is 1. The molecule has 0 N–H and O–H groups in total. The quantitative estimate of drug-likeness (QED) is 0.587. The van der Waals surface area contributed by atoms with Gasteiger partial charge in [0.2, 0.25) is 11.8 Å². The molecule has 2 aliphatic rings. The van der Waals surface area contributed by atoms with Gasteiger partial charge in [-0.15, -0.1) is 5.10 Å². The lowest BCUT2D eigenvalue weighted by atomic mass is 10.1. The van der Waals surface area contributed by atoms with Gasteiger partial charge in [0.25, 0.3) is 0 Å². The van der Waals surface area contributed by atoms with Crippen LogP contribution in [-0.4, -0.2) is 74.5 Å². The molecule has 10 heteroatoms. The summed E-state index contributed by atoms with van der Waals surface area (Å²) >= 11 is 0. The fourth-order valence-corrected chi connectivity index (χ4v) is 4.40. The molecule has 0 aliphatic carbocycles. The smallest absolute Gasteiger partial charge is 0.228 e. The van der Waals surface area contributed by atoms with Crippen molar-refractivity contribution in [2.45, 2.75) is 13.0 Å². The molecule has 0 saturated carbocycles. The Morgan fingerprint density at radius 2 is 1.70 bits per heavy atom. The molecule has 9 nitrogen and oxygen atoms in total. The van der Waals surface area contributed by atoms with Crippen LogP contribution >= 0.6 is 0 Å². The predicted molar refractivity (Wildman–Crippen MR) is 118 cm³/mol. The summed E-state index contributed by atoms with van der Waals surface area (Å²) in [6.07, 6.45) is 0.183. The maximum absolute atomic E-state index is 13.2. The van der Waals surface area contributed by atoms with Crippen molar-refractivity contribution in [2.75, 3.05) is 37.6 Å². The number of anilines is 1. The molecule has 3 heterocycles. The number of hydrogen-bond donors (Lipinski definition) is 0. The van der Waals surface area contributed by atoms with Gasteiger partial charge in [0.15, 0.2) is 5.82 Å². The molecule has 1 aromatic heterocycles. The van der Waals surface area contributed by atoms with Crippen molar-refractivity contribution in [1.29, 1.82) is 0 Å². The molecule has 1 atom stereocenters. The average molecular weight is 449 g/mol. The summed E-state index contributed by atoms with van der Waals surface area (Å²) in [6.45, 7) is 3.50. The summed E-state index contributed by atoms with van der Waals surface area (Å²) in [5.74, 6) is -0.0847. The molecule has 0 spiro atoms. The van der Waals surface area contributed by atoms with Gasteiger partial charge in [-0.25, -0.2) is 4.39 Å². The number of benzene rings is 2. The molecule has 2 saturated heterocycles. The highest BCUT2D eigenvalue weighted by molar-refractivity contribution is 6.00. The third-order valence-electron chi connectivity index (χ3n) is 6.20. The van der Waals surface area contributed by atoms with Gasteiger partial charge in [-0.3, -0.25) is 14.5 Å². The minimum atomic E-state index is -0.375. The Bertz CT molecular complexity index is 1130. The Kier molecular flexibility index (Phi) is 5.82. The molecule has 0 radical (unpaired) electrons. The highest BCUT2D eigenvalue weighted by atomic mass is 19.1. The van der Waals surface area contributed by atoms with Crippen molar-refractivity contribution >= 4 is 17.5 Å². The number of hydrogen-bond acceptors (Lipinski definition) is 6. The highest BCUT2D eigenvalue weighted by Crippen LogP contribution is 2.27. The van der Waals surface area contributed by atoms with E-state index in [4.69, 9.17) is 0 Å². The molecule has 170 valence electrons. The van der Waals surface area contributed by atoms with E-state index in [2.05, 4.69) is 20.4 Å². The standard InChI is InChI=1S/C23H24FN7O2/c24-18-6-8-19(9-7-18)30-15-17(14-22(30)32)23(33)29-12-10-28(11-13-29)16-21-25-26-27-31(21)20-4-2-1-3-5-20/h1-9,17H,10-16H2. The van der Waals surface area contributed by atoms with Crippen LogP contribution < -0.4 is 4.90 Å². The Labute approximate surface area is 190 Å². The van der Waals surface area contributed by atoms with E-state index in [0.717, 1.165) is 11.5 Å². The number of para-hydroxylation sites is 1. The van der Waals surface area contributed by atoms with Crippen LogP contribution in [0.2, 0.25) is 0 Å². The largest absolute Gasteiger partial charge is 0.340 e. The van der Waals surface area contributed by atoms with Crippen molar-refractivity contribution in [2.24, 2.45) is 5.92 Å². The molecule has 33 heavy (non-hydrogen) atoms. The summed E-state index contributed by atoms with van der Waals surface area (Å²) in [7, 11) is 0. The lowest BCUT2D eigenvalue weighted by Gasteiger charge is -2.35. The van der Waals surface area contributed by atoms with E-state index in [1.54, 1.807) is 21.7 Å². The van der Waals surface area contributed by atoms with E-state index in [1.165, 1.54) is 12.1 Å². The Hall–Kier alpha value is -3.66. The lowest BCUT2D eigenvalue weighted by molar-refractivity contribution is -0.137. The predicted octanol–water partition coefficient (Wildman–Crippen LogP) is 1.50. The zero-order valence-corrected chi connectivity index (χ0v) is 18.0. The van der Waals surface area contributed by atoms with E-state index < -0.39 is 0 Å². The Morgan fingerprint density at radius 3 is 2.42 bits per heavy atom. The summed E-state index contributed by atoms with van der Waals surface area (Å²) in [5.41, 5.74) is 1.53. The van der Waals surface area contributed by atoms with Crippen LogP contribution in [0.15, 0.2) is 54.6 Å². The van der Waals surface area contributed by atoms with E-state index in [0.29, 0.717) is 45.0 Å². The van der Waals surface area contributed by atoms with Crippen LogP contribution in [-0.2, 0) is 16.1 Å². The van der Waals surface area contributed by atoms with E-state index in [-0.39, 0.29) is 30.0 Å². The Morgan fingerprint density at radius 1 is 0.970 bits per heavy atom. The van der Waals surface area contributed by atoms with Crippen molar-refractivity contribution in [1.82, 2.24) is 30.0 Å². The number of piperazine rings is 1. The summed E-state index contributed by atoms with van der Waals surface area (Å²) in [6, 6.07) is 15.5. The third-order valence-corrected chi connectivity index (χ3v) is 6.20. The molecule has 2 amide bonds. The van der Waals surface area contributed by atoms with Crippen LogP contribution in [0.5, 0.6) is 0 Å². The van der Waals surface area contributed by atoms with Crippen molar-refractivity contribution in [3.8, 4) is 5.69 Å². The number of carbonyl (C=O) groups excluding carboxylic acids is 2. The monoisotopic (exact) mass is 449 g/mol. The first kappa shape index (κ1) is 21.2. The Balaban J connectivity index is 1.17. The van der Waals surface area contributed by atoms with Crippen LogP contribution in [0.4, 0.5) is 10.1 Å². The van der Waals surface area contributed by atoms with E-state index >= 15 is 0 Å². The molecular weight excluding hydrogens is 425 g/mol. The maximum Gasteiger partial charge on any atom is 0.228 e. The molecule has 2 aromatic carbocycles. The van der Waals surface area contributed by atoms with Crippen molar-refractivity contribution in [3.05, 3.63) is 66.2 Å². The van der Waals surface area contributed by atoms with Crippen molar-refractivity contribution in [3.63, 3.8) is 0 Å². The SMILES string of the molecule is O=C(C1CC(=O)N(c2ccc(F)cc2)C1)N1CCN(Cc2nnnn2-c2ccccc2)CC1. The second-order valence-corrected chi connectivity index (χ2v) is 8.33. The number of carbonyl (C=O) groups is 2. The first-order chi connectivity index (χ1) is 16.1. The first-order valence-electron chi connectivity index (χ1n) is 11.0. The maximum atomic E-state index is 13.2. The average Bonchev–Trinajstić information content (AvgIpc) is 3.47. The fraction of sp³-hybridized carbons (Fsp3) is 0.348. The van der Waals surface area contributed by atoms with Gasteiger partial charge in [0.1, 0.15) is 5.82 Å². The van der Waals surface area contributed by atoms with Gasteiger partial charge in [0, 0.05) is 44.8 Å². The van der Waals surface area contributed by atoms with Gasteiger partial charge < -0.3 is 9.80 Å². The number of rotatable bonds is 5. The molecule has 5 rings (SSSR count). The minimum Gasteiger partial charge on any atom is -0.340 e. The second kappa shape index (κ2) is 9.07. The van der Waals surface area contributed by atoms with Gasteiger partial charge in [0.05, 0.1) is 18.2 Å². The number of aromatic nitrogens is 4. The van der Waals surface area contributed by atoms with Gasteiger partial charge in [-0.2, -0.15) is 4.68 Å². The minimum absolute atomic E-state index is 0.00160. The van der Waals surface area contributed by atoms with Crippen LogP contribution in [0.1, 0.15) is 12.2 Å². The van der Waals surface area contributed by atoms with Gasteiger partial charge in [-0.05, 0) is 46.8 Å². The van der Waals surface area contributed by atoms with Gasteiger partial charge >= 0.3 is 0 Å². The normalized spacial score (nSPS) is 19.3. The fourth-order valence-electron chi connectivity index (χ4n) is 4.40. The van der Waals surface area contributed by atoms with Crippen LogP contribution in [0, 0.1) is 11.7 Å². The molecular formula is C23H24FN7O2. The summed E-state index contributed by atoms with van der Waals surface area (Å²) in [4.78, 5) is 31.2. The van der Waals surface area contributed by atoms with E-state index in [1.807, 2.05) is 35.2 Å². The van der Waals surface area contributed by atoms with Crippen LogP contribution in [0.3, 0.4) is 0 Å². The van der Waals surface area contributed by atoms with Crippen molar-refractivity contribution < 1.29 is 14.0 Å². The zero-order valence-electron chi connectivity index (χ0n) is 18.0. The number of amides is 2. The topological polar surface area (TPSA) is 87.5 Å². The van der Waals surface area contributed by atoms with E-state index in [9.17, 15) is 14.0 Å². The molecule has 1 unspecified atom stereocenters. The molecule has 0 bridgehead atoms. The molecule has 2 fully saturated rings. The number of nitrogens with zero attached hydrogens (tertiary/aromatic N) is 7. The first-order valence-corrected chi connectivity index (χ1v) is 11.0. The van der Waals surface area contributed by atoms with Gasteiger partial charge in [-0.1, -0.05) is 18.2 Å². The number of halogens is 1. The second-order valence-electron chi connectivity index (χ2n) is 8.33. The lowest BCUT2D eigenvalue weighted by Crippen LogP contribution is -2.50. The summed E-state index contributed by atoms with van der Waals surface area (Å²) in [5, 5.41) is 12.1. The highest BCUT2D eigenvalue weighted by Gasteiger charge is 2.38. The summed E-state index contributed by atoms with van der Waals surface area (Å²) < 4.78 is 14.9. The third kappa shape index (κ3) is 4.47. The zero-order chi connectivity index (χ0) is 22.8. The molecule has 2 aliphatic heterocycles.